The van der Waals surface area contributed by atoms with Crippen molar-refractivity contribution >= 4 is 0 Å². The van der Waals surface area contributed by atoms with E-state index in [1.54, 1.807) is 18.5 Å². The van der Waals surface area contributed by atoms with Gasteiger partial charge in [-0.1, -0.05) is 0 Å². The lowest BCUT2D eigenvalue weighted by Crippen LogP contribution is -2.31. The standard InChI is InChI=1S/C17H14F2N4O/c18-13-7-20-8-14(19)12(13)10-23-4-3-15-11(9-23)6-21-17(22-15)16-2-1-5-24-16/h1-2,5-8H,3-4,9-10H2. The number of halogens is 2. The molecule has 0 aliphatic carbocycles. The Labute approximate surface area is 137 Å². The van der Waals surface area contributed by atoms with Crippen molar-refractivity contribution in [3.05, 3.63) is 65.4 Å². The highest BCUT2D eigenvalue weighted by Gasteiger charge is 2.21. The summed E-state index contributed by atoms with van der Waals surface area (Å²) in [5.41, 5.74) is 1.95. The van der Waals surface area contributed by atoms with E-state index in [1.165, 1.54) is 0 Å². The summed E-state index contributed by atoms with van der Waals surface area (Å²) in [5.74, 6) is -0.0602. The molecule has 4 heterocycles. The van der Waals surface area contributed by atoms with E-state index in [0.29, 0.717) is 31.1 Å². The minimum absolute atomic E-state index is 0.0431. The van der Waals surface area contributed by atoms with Gasteiger partial charge in [0, 0.05) is 43.4 Å². The SMILES string of the molecule is Fc1cncc(F)c1CN1CCc2nc(-c3ccco3)ncc2C1. The molecule has 0 radical (unpaired) electrons. The third-order valence-corrected chi connectivity index (χ3v) is 4.09. The first-order chi connectivity index (χ1) is 11.7. The average Bonchev–Trinajstić information content (AvgIpc) is 3.12. The number of pyridine rings is 1. The van der Waals surface area contributed by atoms with E-state index in [1.807, 2.05) is 11.0 Å². The van der Waals surface area contributed by atoms with Gasteiger partial charge in [-0.05, 0) is 12.1 Å². The van der Waals surface area contributed by atoms with Gasteiger partial charge >= 0.3 is 0 Å². The average molecular weight is 328 g/mol. The van der Waals surface area contributed by atoms with Crippen molar-refractivity contribution in [1.82, 2.24) is 19.9 Å². The monoisotopic (exact) mass is 328 g/mol. The Morgan fingerprint density at radius 3 is 2.75 bits per heavy atom. The summed E-state index contributed by atoms with van der Waals surface area (Å²) in [5, 5.41) is 0. The van der Waals surface area contributed by atoms with Crippen LogP contribution in [0, 0.1) is 11.6 Å². The molecule has 0 saturated carbocycles. The molecular weight excluding hydrogens is 314 g/mol. The fraction of sp³-hybridized carbons (Fsp3) is 0.235. The molecule has 0 saturated heterocycles. The number of hydrogen-bond acceptors (Lipinski definition) is 5. The maximum absolute atomic E-state index is 13.7. The molecule has 1 aliphatic rings. The highest BCUT2D eigenvalue weighted by molar-refractivity contribution is 5.46. The lowest BCUT2D eigenvalue weighted by atomic mass is 10.1. The molecule has 0 N–H and O–H groups in total. The number of fused-ring (bicyclic) bond motifs is 1. The summed E-state index contributed by atoms with van der Waals surface area (Å²) in [4.78, 5) is 14.3. The van der Waals surface area contributed by atoms with Gasteiger partial charge in [-0.25, -0.2) is 18.7 Å². The molecule has 0 bridgehead atoms. The van der Waals surface area contributed by atoms with Crippen molar-refractivity contribution in [2.24, 2.45) is 0 Å². The van der Waals surface area contributed by atoms with E-state index in [4.69, 9.17) is 4.42 Å². The van der Waals surface area contributed by atoms with Crippen LogP contribution in [0.1, 0.15) is 16.8 Å². The highest BCUT2D eigenvalue weighted by Crippen LogP contribution is 2.23. The Bertz CT molecular complexity index is 847. The molecule has 7 heteroatoms. The van der Waals surface area contributed by atoms with Crippen molar-refractivity contribution in [3.8, 4) is 11.6 Å². The normalized spacial score (nSPS) is 14.6. The molecule has 0 atom stereocenters. The first-order valence-corrected chi connectivity index (χ1v) is 7.59. The smallest absolute Gasteiger partial charge is 0.195 e. The van der Waals surface area contributed by atoms with Crippen LogP contribution in [0.3, 0.4) is 0 Å². The van der Waals surface area contributed by atoms with Crippen LogP contribution in [0.4, 0.5) is 8.78 Å². The molecule has 1 aliphatic heterocycles. The van der Waals surface area contributed by atoms with E-state index < -0.39 is 11.6 Å². The van der Waals surface area contributed by atoms with Crippen LogP contribution >= 0.6 is 0 Å². The van der Waals surface area contributed by atoms with Crippen molar-refractivity contribution in [2.45, 2.75) is 19.5 Å². The molecule has 122 valence electrons. The number of hydrogen-bond donors (Lipinski definition) is 0. The molecule has 3 aromatic rings. The van der Waals surface area contributed by atoms with Crippen LogP contribution in [0.5, 0.6) is 0 Å². The van der Waals surface area contributed by atoms with Crippen LogP contribution in [-0.4, -0.2) is 26.4 Å². The Hall–Kier alpha value is -2.67. The summed E-state index contributed by atoms with van der Waals surface area (Å²) in [7, 11) is 0. The molecule has 24 heavy (non-hydrogen) atoms. The fourth-order valence-electron chi connectivity index (χ4n) is 2.85. The number of furan rings is 1. The predicted molar refractivity (Wildman–Crippen MR) is 81.7 cm³/mol. The van der Waals surface area contributed by atoms with Crippen molar-refractivity contribution in [2.75, 3.05) is 6.54 Å². The van der Waals surface area contributed by atoms with Gasteiger partial charge in [0.15, 0.2) is 11.6 Å². The number of rotatable bonds is 3. The fourth-order valence-corrected chi connectivity index (χ4v) is 2.85. The van der Waals surface area contributed by atoms with E-state index >= 15 is 0 Å². The van der Waals surface area contributed by atoms with Gasteiger partial charge in [0.2, 0.25) is 0 Å². The second-order valence-electron chi connectivity index (χ2n) is 5.69. The van der Waals surface area contributed by atoms with E-state index in [2.05, 4.69) is 15.0 Å². The van der Waals surface area contributed by atoms with Crippen molar-refractivity contribution < 1.29 is 13.2 Å². The minimum Gasteiger partial charge on any atom is -0.461 e. The lowest BCUT2D eigenvalue weighted by Gasteiger charge is -2.28. The van der Waals surface area contributed by atoms with Gasteiger partial charge in [-0.3, -0.25) is 9.88 Å². The predicted octanol–water partition coefficient (Wildman–Crippen LogP) is 2.97. The van der Waals surface area contributed by atoms with Crippen molar-refractivity contribution in [3.63, 3.8) is 0 Å². The molecule has 0 unspecified atom stereocenters. The minimum atomic E-state index is -0.620. The van der Waals surface area contributed by atoms with Gasteiger partial charge in [0.05, 0.1) is 24.4 Å². The number of nitrogens with zero attached hydrogens (tertiary/aromatic N) is 4. The van der Waals surface area contributed by atoms with Crippen molar-refractivity contribution in [1.29, 1.82) is 0 Å². The van der Waals surface area contributed by atoms with Gasteiger partial charge in [-0.2, -0.15) is 0 Å². The summed E-state index contributed by atoms with van der Waals surface area (Å²) in [6.07, 6.45) is 6.10. The summed E-state index contributed by atoms with van der Waals surface area (Å²) in [6.45, 7) is 1.41. The van der Waals surface area contributed by atoms with Gasteiger partial charge in [0.25, 0.3) is 0 Å². The number of aromatic nitrogens is 3. The molecule has 4 rings (SSSR count). The Balaban J connectivity index is 1.54. The zero-order valence-corrected chi connectivity index (χ0v) is 12.7. The zero-order valence-electron chi connectivity index (χ0n) is 12.7. The molecule has 0 fully saturated rings. The topological polar surface area (TPSA) is 55.1 Å². The first kappa shape index (κ1) is 14.9. The molecule has 3 aromatic heterocycles. The molecule has 5 nitrogen and oxygen atoms in total. The Morgan fingerprint density at radius 1 is 1.17 bits per heavy atom. The Kier molecular flexibility index (Phi) is 3.78. The van der Waals surface area contributed by atoms with Crippen LogP contribution in [0.15, 0.2) is 41.4 Å². The second-order valence-corrected chi connectivity index (χ2v) is 5.69. The Morgan fingerprint density at radius 2 is 2.00 bits per heavy atom. The maximum Gasteiger partial charge on any atom is 0.195 e. The van der Waals surface area contributed by atoms with Gasteiger partial charge in [0.1, 0.15) is 11.6 Å². The second kappa shape index (κ2) is 6.09. The third-order valence-electron chi connectivity index (χ3n) is 4.09. The van der Waals surface area contributed by atoms with Crippen LogP contribution in [0.25, 0.3) is 11.6 Å². The summed E-state index contributed by atoms with van der Waals surface area (Å²) < 4.78 is 32.8. The lowest BCUT2D eigenvalue weighted by molar-refractivity contribution is 0.235. The first-order valence-electron chi connectivity index (χ1n) is 7.59. The van der Waals surface area contributed by atoms with E-state index in [-0.39, 0.29) is 12.1 Å². The summed E-state index contributed by atoms with van der Waals surface area (Å²) >= 11 is 0. The molecule has 0 spiro atoms. The van der Waals surface area contributed by atoms with Crippen LogP contribution in [0.2, 0.25) is 0 Å². The van der Waals surface area contributed by atoms with Gasteiger partial charge in [-0.15, -0.1) is 0 Å². The highest BCUT2D eigenvalue weighted by atomic mass is 19.1. The van der Waals surface area contributed by atoms with Crippen LogP contribution < -0.4 is 0 Å². The molecule has 0 amide bonds. The third kappa shape index (κ3) is 2.78. The van der Waals surface area contributed by atoms with Crippen LogP contribution in [-0.2, 0) is 19.5 Å². The van der Waals surface area contributed by atoms with Gasteiger partial charge < -0.3 is 4.42 Å². The zero-order chi connectivity index (χ0) is 16.5. The molecule has 0 aromatic carbocycles. The molecular formula is C17H14F2N4O. The quantitative estimate of drug-likeness (QED) is 0.740. The van der Waals surface area contributed by atoms with E-state index in [0.717, 1.165) is 23.7 Å². The van der Waals surface area contributed by atoms with E-state index in [9.17, 15) is 8.78 Å². The summed E-state index contributed by atoms with van der Waals surface area (Å²) in [6, 6.07) is 3.60. The maximum atomic E-state index is 13.7. The largest absolute Gasteiger partial charge is 0.461 e.